The second-order valence-electron chi connectivity index (χ2n) is 6.89. The lowest BCUT2D eigenvalue weighted by atomic mass is 10.1. The molecule has 8 heteroatoms. The minimum absolute atomic E-state index is 0.200. The van der Waals surface area contributed by atoms with Crippen molar-refractivity contribution in [3.63, 3.8) is 0 Å². The number of aryl methyl sites for hydroxylation is 1. The summed E-state index contributed by atoms with van der Waals surface area (Å²) in [6.07, 6.45) is 3.20. The van der Waals surface area contributed by atoms with Gasteiger partial charge in [-0.05, 0) is 24.1 Å². The van der Waals surface area contributed by atoms with Gasteiger partial charge in [-0.2, -0.15) is 5.10 Å². The van der Waals surface area contributed by atoms with Crippen LogP contribution in [0.25, 0.3) is 33.5 Å². The van der Waals surface area contributed by atoms with Gasteiger partial charge in [0, 0.05) is 25.2 Å². The van der Waals surface area contributed by atoms with Crippen molar-refractivity contribution in [2.45, 2.75) is 13.8 Å². The van der Waals surface area contributed by atoms with Crippen molar-refractivity contribution in [2.75, 3.05) is 6.54 Å². The standard InChI is InChI=1S/C19H19FN6O/c1-10(2)7-23-19(27)13-8-21-18-17(13)24-14(9-22-18)16-12-5-4-11(20)6-15(12)26(3)25-16/h4-6,8-10H,7H2,1-3H3,(H,21,22)(H,23,27). The molecule has 27 heavy (non-hydrogen) atoms. The van der Waals surface area contributed by atoms with Crippen LogP contribution in [-0.2, 0) is 7.05 Å². The van der Waals surface area contributed by atoms with E-state index in [1.807, 2.05) is 13.8 Å². The summed E-state index contributed by atoms with van der Waals surface area (Å²) in [5, 5.41) is 8.12. The molecule has 0 aliphatic rings. The molecule has 4 rings (SSSR count). The molecule has 0 radical (unpaired) electrons. The van der Waals surface area contributed by atoms with Gasteiger partial charge < -0.3 is 10.3 Å². The smallest absolute Gasteiger partial charge is 0.255 e. The van der Waals surface area contributed by atoms with Crippen molar-refractivity contribution in [2.24, 2.45) is 13.0 Å². The lowest BCUT2D eigenvalue weighted by Crippen LogP contribution is -2.27. The summed E-state index contributed by atoms with van der Waals surface area (Å²) in [7, 11) is 1.75. The Morgan fingerprint density at radius 1 is 1.37 bits per heavy atom. The Labute approximate surface area is 154 Å². The number of benzene rings is 1. The number of aromatic amines is 1. The van der Waals surface area contributed by atoms with E-state index in [0.29, 0.717) is 46.1 Å². The van der Waals surface area contributed by atoms with Crippen LogP contribution in [0.15, 0.2) is 30.6 Å². The first kappa shape index (κ1) is 17.1. The third kappa shape index (κ3) is 3.03. The Bertz CT molecular complexity index is 1160. The van der Waals surface area contributed by atoms with Crippen molar-refractivity contribution in [3.8, 4) is 11.4 Å². The van der Waals surface area contributed by atoms with Gasteiger partial charge >= 0.3 is 0 Å². The minimum atomic E-state index is -0.326. The highest BCUT2D eigenvalue weighted by atomic mass is 19.1. The zero-order chi connectivity index (χ0) is 19.1. The molecule has 138 valence electrons. The Balaban J connectivity index is 1.80. The van der Waals surface area contributed by atoms with Gasteiger partial charge in [0.2, 0.25) is 0 Å². The number of carbonyl (C=O) groups is 1. The molecule has 0 aliphatic heterocycles. The van der Waals surface area contributed by atoms with Gasteiger partial charge in [0.25, 0.3) is 5.91 Å². The second kappa shape index (κ2) is 6.46. The second-order valence-corrected chi connectivity index (χ2v) is 6.89. The van der Waals surface area contributed by atoms with E-state index in [0.717, 1.165) is 5.39 Å². The van der Waals surface area contributed by atoms with Gasteiger partial charge in [0.05, 0.1) is 17.3 Å². The van der Waals surface area contributed by atoms with Crippen LogP contribution in [0.2, 0.25) is 0 Å². The molecule has 0 atom stereocenters. The molecule has 0 saturated heterocycles. The summed E-state index contributed by atoms with van der Waals surface area (Å²) in [4.78, 5) is 24.4. The topological polar surface area (TPSA) is 88.5 Å². The van der Waals surface area contributed by atoms with Crippen molar-refractivity contribution >= 4 is 28.0 Å². The number of H-pyrrole nitrogens is 1. The average Bonchev–Trinajstić information content (AvgIpc) is 3.20. The molecule has 1 amide bonds. The number of amides is 1. The van der Waals surface area contributed by atoms with E-state index in [1.165, 1.54) is 12.1 Å². The lowest BCUT2D eigenvalue weighted by molar-refractivity contribution is 0.0950. The molecule has 0 saturated carbocycles. The summed E-state index contributed by atoms with van der Waals surface area (Å²) in [6.45, 7) is 4.64. The maximum atomic E-state index is 13.5. The number of aromatic nitrogens is 5. The number of nitrogens with zero attached hydrogens (tertiary/aromatic N) is 4. The predicted octanol–water partition coefficient (Wildman–Crippen LogP) is 3.04. The monoisotopic (exact) mass is 366 g/mol. The number of halogens is 1. The predicted molar refractivity (Wildman–Crippen MR) is 101 cm³/mol. The van der Waals surface area contributed by atoms with E-state index in [2.05, 4.69) is 25.4 Å². The molecule has 0 aliphatic carbocycles. The van der Waals surface area contributed by atoms with Crippen LogP contribution in [0, 0.1) is 11.7 Å². The zero-order valence-electron chi connectivity index (χ0n) is 15.2. The number of carbonyl (C=O) groups excluding carboxylic acids is 1. The van der Waals surface area contributed by atoms with Gasteiger partial charge in [-0.25, -0.2) is 14.4 Å². The number of nitrogens with one attached hydrogen (secondary N) is 2. The largest absolute Gasteiger partial charge is 0.352 e. The number of hydrogen-bond donors (Lipinski definition) is 2. The first-order valence-corrected chi connectivity index (χ1v) is 8.69. The van der Waals surface area contributed by atoms with Crippen LogP contribution < -0.4 is 5.32 Å². The first-order chi connectivity index (χ1) is 12.9. The maximum Gasteiger partial charge on any atom is 0.255 e. The number of hydrogen-bond acceptors (Lipinski definition) is 4. The van der Waals surface area contributed by atoms with E-state index in [-0.39, 0.29) is 11.7 Å². The normalized spacial score (nSPS) is 11.6. The molecule has 2 N–H and O–H groups in total. The van der Waals surface area contributed by atoms with Crippen LogP contribution in [0.1, 0.15) is 24.2 Å². The third-order valence-corrected chi connectivity index (χ3v) is 4.35. The molecular formula is C19H19FN6O. The fourth-order valence-electron chi connectivity index (χ4n) is 2.99. The van der Waals surface area contributed by atoms with E-state index in [9.17, 15) is 9.18 Å². The van der Waals surface area contributed by atoms with Gasteiger partial charge in [0.1, 0.15) is 22.7 Å². The highest BCUT2D eigenvalue weighted by Crippen LogP contribution is 2.28. The van der Waals surface area contributed by atoms with E-state index in [4.69, 9.17) is 0 Å². The molecular weight excluding hydrogens is 347 g/mol. The van der Waals surface area contributed by atoms with Crippen LogP contribution in [0.4, 0.5) is 4.39 Å². The maximum absolute atomic E-state index is 13.5. The molecule has 4 aromatic rings. The molecule has 3 aromatic heterocycles. The summed E-state index contributed by atoms with van der Waals surface area (Å²) in [5.74, 6) is -0.177. The zero-order valence-corrected chi connectivity index (χ0v) is 15.2. The number of rotatable bonds is 4. The fourth-order valence-corrected chi connectivity index (χ4v) is 2.99. The molecule has 0 fully saturated rings. The highest BCUT2D eigenvalue weighted by molar-refractivity contribution is 6.05. The summed E-state index contributed by atoms with van der Waals surface area (Å²) < 4.78 is 15.2. The summed E-state index contributed by atoms with van der Waals surface area (Å²) in [5.41, 5.74) is 3.23. The van der Waals surface area contributed by atoms with E-state index < -0.39 is 0 Å². The van der Waals surface area contributed by atoms with Crippen molar-refractivity contribution in [1.29, 1.82) is 0 Å². The van der Waals surface area contributed by atoms with Crippen molar-refractivity contribution < 1.29 is 9.18 Å². The lowest BCUT2D eigenvalue weighted by Gasteiger charge is -2.06. The van der Waals surface area contributed by atoms with Gasteiger partial charge in [-0.15, -0.1) is 0 Å². The Hall–Kier alpha value is -3.29. The van der Waals surface area contributed by atoms with Gasteiger partial charge in [0.15, 0.2) is 5.65 Å². The minimum Gasteiger partial charge on any atom is -0.352 e. The first-order valence-electron chi connectivity index (χ1n) is 8.69. The Morgan fingerprint density at radius 2 is 2.19 bits per heavy atom. The van der Waals surface area contributed by atoms with Crippen molar-refractivity contribution in [1.82, 2.24) is 30.0 Å². The van der Waals surface area contributed by atoms with Crippen LogP contribution >= 0.6 is 0 Å². The molecule has 0 bridgehead atoms. The SMILES string of the molecule is CC(C)CNC(=O)c1c[nH]c2ncc(-c3nn(C)c4cc(F)ccc34)nc12. The summed E-state index contributed by atoms with van der Waals surface area (Å²) in [6, 6.07) is 4.49. The molecule has 3 heterocycles. The van der Waals surface area contributed by atoms with Crippen LogP contribution in [0.5, 0.6) is 0 Å². The van der Waals surface area contributed by atoms with Gasteiger partial charge in [-0.3, -0.25) is 9.48 Å². The third-order valence-electron chi connectivity index (χ3n) is 4.35. The molecule has 0 spiro atoms. The molecule has 1 aromatic carbocycles. The van der Waals surface area contributed by atoms with Crippen LogP contribution in [0.3, 0.4) is 0 Å². The van der Waals surface area contributed by atoms with E-state index in [1.54, 1.807) is 30.2 Å². The van der Waals surface area contributed by atoms with Gasteiger partial charge in [-0.1, -0.05) is 13.8 Å². The summed E-state index contributed by atoms with van der Waals surface area (Å²) >= 11 is 0. The molecule has 7 nitrogen and oxygen atoms in total. The van der Waals surface area contributed by atoms with E-state index >= 15 is 0 Å². The quantitative estimate of drug-likeness (QED) is 0.581. The molecule has 0 unspecified atom stereocenters. The highest BCUT2D eigenvalue weighted by Gasteiger charge is 2.18. The Kier molecular flexibility index (Phi) is 4.10. The Morgan fingerprint density at radius 3 is 2.96 bits per heavy atom. The average molecular weight is 366 g/mol. The fraction of sp³-hybridized carbons (Fsp3) is 0.263. The van der Waals surface area contributed by atoms with Crippen LogP contribution in [-0.4, -0.2) is 37.2 Å². The van der Waals surface area contributed by atoms with Crippen molar-refractivity contribution in [3.05, 3.63) is 42.0 Å². The number of fused-ring (bicyclic) bond motifs is 2.